The number of aromatic nitrogens is 4. The van der Waals surface area contributed by atoms with Gasteiger partial charge >= 0.3 is 23.5 Å². The van der Waals surface area contributed by atoms with E-state index in [4.69, 9.17) is 19.5 Å². The number of hydrogen-bond acceptors (Lipinski definition) is 18. The van der Waals surface area contributed by atoms with Crippen LogP contribution in [0.2, 0.25) is 0 Å². The summed E-state index contributed by atoms with van der Waals surface area (Å²) in [6.07, 6.45) is 5.22. The van der Waals surface area contributed by atoms with Crippen molar-refractivity contribution in [1.29, 1.82) is 0 Å². The van der Waals surface area contributed by atoms with Crippen molar-refractivity contribution in [2.75, 3.05) is 37.8 Å². The number of imidazole rings is 1. The van der Waals surface area contributed by atoms with Crippen LogP contribution in [-0.2, 0) is 50.7 Å². The maximum absolute atomic E-state index is 12.7. The van der Waals surface area contributed by atoms with E-state index in [-0.39, 0.29) is 41.6 Å². The Kier molecular flexibility index (Phi) is 21.0. The summed E-state index contributed by atoms with van der Waals surface area (Å²) < 4.78 is 62.3. The summed E-state index contributed by atoms with van der Waals surface area (Å²) in [6.45, 7) is 2.71. The summed E-state index contributed by atoms with van der Waals surface area (Å²) in [6, 6.07) is 0. The molecule has 0 bridgehead atoms. The van der Waals surface area contributed by atoms with Crippen LogP contribution in [0, 0.1) is 5.41 Å². The van der Waals surface area contributed by atoms with Crippen molar-refractivity contribution in [3.8, 4) is 0 Å². The molecule has 2 aromatic rings. The van der Waals surface area contributed by atoms with Crippen molar-refractivity contribution >= 4 is 69.1 Å². The first-order valence-corrected chi connectivity index (χ1v) is 24.8. The molecule has 24 nitrogen and oxygen atoms in total. The molecule has 3 rings (SSSR count). The van der Waals surface area contributed by atoms with Gasteiger partial charge in [0, 0.05) is 37.1 Å². The zero-order valence-electron chi connectivity index (χ0n) is 33.9. The number of nitrogen functional groups attached to an aromatic ring is 1. The molecule has 28 heteroatoms. The van der Waals surface area contributed by atoms with Crippen LogP contribution in [-0.4, -0.2) is 123 Å². The van der Waals surface area contributed by atoms with Gasteiger partial charge in [0.05, 0.1) is 19.5 Å². The molecule has 2 amide bonds. The first-order chi connectivity index (χ1) is 28.6. The number of rotatable bonds is 28. The Bertz CT molecular complexity index is 1940. The fourth-order valence-corrected chi connectivity index (χ4v) is 9.20. The van der Waals surface area contributed by atoms with Gasteiger partial charge in [-0.2, -0.15) is 4.31 Å². The molecule has 0 radical (unpaired) electrons. The van der Waals surface area contributed by atoms with Crippen LogP contribution in [0.1, 0.15) is 84.8 Å². The summed E-state index contributed by atoms with van der Waals surface area (Å²) in [5.74, 6) is -1.05. The predicted molar refractivity (Wildman–Crippen MR) is 219 cm³/mol. The molecule has 1 aliphatic heterocycles. The Morgan fingerprint density at radius 2 is 1.66 bits per heavy atom. The van der Waals surface area contributed by atoms with E-state index in [1.165, 1.54) is 33.1 Å². The Hall–Kier alpha value is -2.70. The maximum Gasteiger partial charge on any atom is 0.481 e. The van der Waals surface area contributed by atoms with Gasteiger partial charge in [0.2, 0.25) is 11.8 Å². The first kappa shape index (κ1) is 52.6. The van der Waals surface area contributed by atoms with Gasteiger partial charge in [-0.15, -0.1) is 0 Å². The standard InChI is InChI=1S/C33H56N7O17P3S/c1-4-5-6-7-8-9-10-11-12-13-24(42)61-17-16-35-23(41)14-15-36-31(45)28(44)33(2,3)19-54-60(51,52)57-59(49,50)53-18-22-27(56-58(46,47)48)26(43)32(55-22)40-21-39-25-29(34)37-20-38-30(25)40/h8-9,20-22,26-28,32,43-44H,4-7,10-19H2,1-3H3,(H,35,41)(H,36,45)(H,49,50)(H,51,52)(H2,34,37,38)(H2,46,47,48)/b9-8+. The number of amides is 2. The fourth-order valence-electron chi connectivity index (χ4n) is 5.65. The maximum atomic E-state index is 12.7. The molecule has 1 aliphatic rings. The number of phosphoric acid groups is 3. The largest absolute Gasteiger partial charge is 0.481 e. The monoisotopic (exact) mass is 947 g/mol. The van der Waals surface area contributed by atoms with Gasteiger partial charge < -0.3 is 50.9 Å². The molecule has 61 heavy (non-hydrogen) atoms. The van der Waals surface area contributed by atoms with E-state index in [2.05, 4.69) is 53.5 Å². The van der Waals surface area contributed by atoms with Gasteiger partial charge in [0.15, 0.2) is 22.8 Å². The van der Waals surface area contributed by atoms with Gasteiger partial charge in [-0.25, -0.2) is 28.6 Å². The molecular weight excluding hydrogens is 891 g/mol. The average Bonchev–Trinajstić information content (AvgIpc) is 3.73. The highest BCUT2D eigenvalue weighted by molar-refractivity contribution is 8.13. The van der Waals surface area contributed by atoms with Crippen LogP contribution < -0.4 is 16.4 Å². The number of anilines is 1. The molecule has 1 saturated heterocycles. The SMILES string of the molecule is CCCCC/C=C/CCCCC(=O)SCCNC(=O)CCNC(=O)C(O)C(C)(C)COP(=O)(O)OP(=O)(O)OCC1OC(n2cnc3c(N)ncnc32)C(O)C1OP(=O)(O)O. The number of nitrogens with one attached hydrogen (secondary N) is 2. The fraction of sp³-hybridized carbons (Fsp3) is 0.697. The van der Waals surface area contributed by atoms with Crippen LogP contribution in [0.4, 0.5) is 5.82 Å². The van der Waals surface area contributed by atoms with Gasteiger partial charge in [0.25, 0.3) is 0 Å². The summed E-state index contributed by atoms with van der Waals surface area (Å²) in [7, 11) is -16.4. The Labute approximate surface area is 356 Å². The van der Waals surface area contributed by atoms with Crippen LogP contribution >= 0.6 is 35.2 Å². The molecule has 0 aliphatic carbocycles. The van der Waals surface area contributed by atoms with Crippen LogP contribution in [0.15, 0.2) is 24.8 Å². The molecule has 1 fully saturated rings. The number of carbonyl (C=O) groups is 3. The van der Waals surface area contributed by atoms with E-state index in [0.29, 0.717) is 12.2 Å². The quantitative estimate of drug-likeness (QED) is 0.0336. The molecule has 10 N–H and O–H groups in total. The molecular formula is C33H56N7O17P3S. The van der Waals surface area contributed by atoms with Crippen molar-refractivity contribution in [2.24, 2.45) is 5.41 Å². The number of hydrogen-bond donors (Lipinski definition) is 9. The zero-order valence-corrected chi connectivity index (χ0v) is 37.4. The van der Waals surface area contributed by atoms with Crippen molar-refractivity contribution in [2.45, 2.75) is 109 Å². The lowest BCUT2D eigenvalue weighted by atomic mass is 9.87. The number of nitrogens with zero attached hydrogens (tertiary/aromatic N) is 4. The Morgan fingerprint density at radius 3 is 2.33 bits per heavy atom. The number of unbranched alkanes of at least 4 members (excludes halogenated alkanes) is 5. The van der Waals surface area contributed by atoms with Gasteiger partial charge in [-0.1, -0.05) is 57.5 Å². The number of aliphatic hydroxyl groups is 2. The molecule has 7 atom stereocenters. The molecule has 2 aromatic heterocycles. The van der Waals surface area contributed by atoms with E-state index in [1.54, 1.807) is 0 Å². The molecule has 3 heterocycles. The normalized spacial score (nSPS) is 21.0. The average molecular weight is 948 g/mol. The van der Waals surface area contributed by atoms with E-state index in [9.17, 15) is 57.9 Å². The van der Waals surface area contributed by atoms with Crippen molar-refractivity contribution in [3.05, 3.63) is 24.8 Å². The third-order valence-electron chi connectivity index (χ3n) is 8.91. The predicted octanol–water partition coefficient (Wildman–Crippen LogP) is 2.36. The lowest BCUT2D eigenvalue weighted by Crippen LogP contribution is -2.46. The van der Waals surface area contributed by atoms with Crippen molar-refractivity contribution in [3.63, 3.8) is 0 Å². The van der Waals surface area contributed by atoms with Gasteiger partial charge in [0.1, 0.15) is 36.3 Å². The lowest BCUT2D eigenvalue weighted by molar-refractivity contribution is -0.137. The highest BCUT2D eigenvalue weighted by atomic mass is 32.2. The van der Waals surface area contributed by atoms with E-state index in [0.717, 1.165) is 54.7 Å². The highest BCUT2D eigenvalue weighted by Crippen LogP contribution is 2.61. The smallest absolute Gasteiger partial charge is 0.386 e. The number of carbonyl (C=O) groups excluding carboxylic acids is 3. The lowest BCUT2D eigenvalue weighted by Gasteiger charge is -2.30. The minimum atomic E-state index is -5.57. The van der Waals surface area contributed by atoms with E-state index < -0.39 is 84.6 Å². The second kappa shape index (κ2) is 24.4. The molecule has 0 spiro atoms. The Morgan fingerprint density at radius 1 is 0.984 bits per heavy atom. The van der Waals surface area contributed by atoms with Crippen LogP contribution in [0.3, 0.4) is 0 Å². The number of thioether (sulfide) groups is 1. The van der Waals surface area contributed by atoms with Crippen molar-refractivity contribution < 1.29 is 80.5 Å². The molecule has 0 saturated carbocycles. The molecule has 346 valence electrons. The first-order valence-electron chi connectivity index (χ1n) is 19.3. The Balaban J connectivity index is 1.39. The van der Waals surface area contributed by atoms with Crippen LogP contribution in [0.25, 0.3) is 11.2 Å². The summed E-state index contributed by atoms with van der Waals surface area (Å²) >= 11 is 1.13. The topological polar surface area (TPSA) is 364 Å². The zero-order chi connectivity index (χ0) is 45.4. The number of fused-ring (bicyclic) bond motifs is 1. The van der Waals surface area contributed by atoms with Crippen LogP contribution in [0.5, 0.6) is 0 Å². The highest BCUT2D eigenvalue weighted by Gasteiger charge is 2.50. The minimum absolute atomic E-state index is 0.0321. The molecule has 0 aromatic carbocycles. The second-order valence-electron chi connectivity index (χ2n) is 14.5. The summed E-state index contributed by atoms with van der Waals surface area (Å²) in [5.41, 5.74) is 4.28. The van der Waals surface area contributed by atoms with E-state index >= 15 is 0 Å². The minimum Gasteiger partial charge on any atom is -0.386 e. The molecule has 7 unspecified atom stereocenters. The van der Waals surface area contributed by atoms with Gasteiger partial charge in [-0.3, -0.25) is 32.5 Å². The number of aliphatic hydroxyl groups excluding tert-OH is 2. The summed E-state index contributed by atoms with van der Waals surface area (Å²) in [4.78, 5) is 88.0. The third-order valence-corrected chi connectivity index (χ3v) is 12.9. The number of allylic oxidation sites excluding steroid dienone is 2. The third kappa shape index (κ3) is 18.1. The second-order valence-corrected chi connectivity index (χ2v) is 19.9. The summed E-state index contributed by atoms with van der Waals surface area (Å²) in [5, 5.41) is 26.5. The number of ether oxygens (including phenoxy) is 1. The van der Waals surface area contributed by atoms with Crippen molar-refractivity contribution in [1.82, 2.24) is 30.2 Å². The number of phosphoric ester groups is 3. The van der Waals surface area contributed by atoms with Gasteiger partial charge in [-0.05, 0) is 32.1 Å². The van der Waals surface area contributed by atoms with E-state index in [1.807, 2.05) is 0 Å². The number of nitrogens with two attached hydrogens (primary N) is 1.